The SMILES string of the molecule is c1cnc2ccc(-c3nnc(CCNC4CC4)s3)cc2c1. The van der Waals surface area contributed by atoms with Gasteiger partial charge in [0.2, 0.25) is 0 Å². The quantitative estimate of drug-likeness (QED) is 0.786. The maximum absolute atomic E-state index is 4.34. The van der Waals surface area contributed by atoms with Crippen LogP contribution in [0.15, 0.2) is 36.5 Å². The van der Waals surface area contributed by atoms with Crippen LogP contribution >= 0.6 is 11.3 Å². The fraction of sp³-hybridized carbons (Fsp3) is 0.312. The van der Waals surface area contributed by atoms with Gasteiger partial charge in [-0.2, -0.15) is 0 Å². The molecule has 0 atom stereocenters. The Labute approximate surface area is 127 Å². The van der Waals surface area contributed by atoms with Crippen LogP contribution in [0.2, 0.25) is 0 Å². The van der Waals surface area contributed by atoms with E-state index in [-0.39, 0.29) is 0 Å². The highest BCUT2D eigenvalue weighted by atomic mass is 32.1. The number of hydrogen-bond acceptors (Lipinski definition) is 5. The molecule has 3 aromatic rings. The van der Waals surface area contributed by atoms with Crippen molar-refractivity contribution in [2.45, 2.75) is 25.3 Å². The molecule has 0 bridgehead atoms. The lowest BCUT2D eigenvalue weighted by Gasteiger charge is -1.99. The van der Waals surface area contributed by atoms with Gasteiger partial charge in [-0.3, -0.25) is 4.98 Å². The third kappa shape index (κ3) is 2.94. The zero-order chi connectivity index (χ0) is 14.1. The Morgan fingerprint density at radius 3 is 3.05 bits per heavy atom. The van der Waals surface area contributed by atoms with Crippen molar-refractivity contribution >= 4 is 22.2 Å². The number of hydrogen-bond donors (Lipinski definition) is 1. The van der Waals surface area contributed by atoms with Gasteiger partial charge in [0.25, 0.3) is 0 Å². The summed E-state index contributed by atoms with van der Waals surface area (Å²) < 4.78 is 0. The van der Waals surface area contributed by atoms with Gasteiger partial charge in [-0.25, -0.2) is 0 Å². The van der Waals surface area contributed by atoms with Gasteiger partial charge in [0.05, 0.1) is 5.52 Å². The molecule has 0 aliphatic heterocycles. The van der Waals surface area contributed by atoms with E-state index in [2.05, 4.69) is 38.7 Å². The molecule has 1 fully saturated rings. The number of benzene rings is 1. The van der Waals surface area contributed by atoms with E-state index in [9.17, 15) is 0 Å². The van der Waals surface area contributed by atoms with Crippen LogP contribution in [-0.2, 0) is 6.42 Å². The first-order valence-corrected chi connectivity index (χ1v) is 8.11. The summed E-state index contributed by atoms with van der Waals surface area (Å²) in [6, 6.07) is 11.0. The van der Waals surface area contributed by atoms with Crippen molar-refractivity contribution in [3.05, 3.63) is 41.5 Å². The maximum Gasteiger partial charge on any atom is 0.147 e. The van der Waals surface area contributed by atoms with Crippen molar-refractivity contribution in [1.82, 2.24) is 20.5 Å². The van der Waals surface area contributed by atoms with Crippen LogP contribution in [-0.4, -0.2) is 27.8 Å². The smallest absolute Gasteiger partial charge is 0.147 e. The molecular weight excluding hydrogens is 280 g/mol. The normalized spacial score (nSPS) is 14.7. The van der Waals surface area contributed by atoms with Gasteiger partial charge in [0, 0.05) is 36.2 Å². The minimum absolute atomic E-state index is 0.755. The Hall–Kier alpha value is -1.85. The van der Waals surface area contributed by atoms with Crippen molar-refractivity contribution in [1.29, 1.82) is 0 Å². The van der Waals surface area contributed by atoms with Crippen molar-refractivity contribution in [2.75, 3.05) is 6.54 Å². The van der Waals surface area contributed by atoms with Gasteiger partial charge in [0.15, 0.2) is 0 Å². The monoisotopic (exact) mass is 296 g/mol. The fourth-order valence-corrected chi connectivity index (χ4v) is 3.19. The average molecular weight is 296 g/mol. The van der Waals surface area contributed by atoms with Gasteiger partial charge < -0.3 is 5.32 Å². The summed E-state index contributed by atoms with van der Waals surface area (Å²) in [6.45, 7) is 1.00. The number of rotatable bonds is 5. The molecule has 5 heteroatoms. The van der Waals surface area contributed by atoms with E-state index in [1.807, 2.05) is 18.3 Å². The highest BCUT2D eigenvalue weighted by molar-refractivity contribution is 7.14. The van der Waals surface area contributed by atoms with Crippen molar-refractivity contribution < 1.29 is 0 Å². The first-order valence-electron chi connectivity index (χ1n) is 7.29. The highest BCUT2D eigenvalue weighted by Gasteiger charge is 2.19. The zero-order valence-electron chi connectivity index (χ0n) is 11.6. The summed E-state index contributed by atoms with van der Waals surface area (Å²) in [4.78, 5) is 4.34. The van der Waals surface area contributed by atoms with Gasteiger partial charge in [-0.15, -0.1) is 10.2 Å². The van der Waals surface area contributed by atoms with Crippen LogP contribution in [0, 0.1) is 0 Å². The average Bonchev–Trinajstić information content (AvgIpc) is 3.23. The van der Waals surface area contributed by atoms with Crippen LogP contribution in [0.3, 0.4) is 0 Å². The molecule has 1 saturated carbocycles. The lowest BCUT2D eigenvalue weighted by atomic mass is 10.1. The molecule has 2 aromatic heterocycles. The molecule has 0 amide bonds. The first kappa shape index (κ1) is 12.9. The molecule has 1 aliphatic rings. The number of aromatic nitrogens is 3. The summed E-state index contributed by atoms with van der Waals surface area (Å²) in [5.41, 5.74) is 2.13. The third-order valence-corrected chi connectivity index (χ3v) is 4.70. The fourth-order valence-electron chi connectivity index (χ4n) is 2.35. The molecule has 4 rings (SSSR count). The van der Waals surface area contributed by atoms with Crippen LogP contribution < -0.4 is 5.32 Å². The van der Waals surface area contributed by atoms with E-state index in [0.717, 1.165) is 45.5 Å². The van der Waals surface area contributed by atoms with E-state index in [1.165, 1.54) is 12.8 Å². The van der Waals surface area contributed by atoms with Gasteiger partial charge >= 0.3 is 0 Å². The van der Waals surface area contributed by atoms with E-state index in [1.54, 1.807) is 11.3 Å². The zero-order valence-corrected chi connectivity index (χ0v) is 12.4. The van der Waals surface area contributed by atoms with Crippen molar-refractivity contribution in [3.63, 3.8) is 0 Å². The van der Waals surface area contributed by atoms with Crippen LogP contribution in [0.25, 0.3) is 21.5 Å². The standard InChI is InChI=1S/C16H16N4S/c1-2-11-10-12(3-6-14(11)18-8-1)16-20-19-15(21-16)7-9-17-13-4-5-13/h1-3,6,8,10,13,17H,4-5,7,9H2. The molecule has 106 valence electrons. The first-order chi connectivity index (χ1) is 10.4. The molecule has 1 aromatic carbocycles. The topological polar surface area (TPSA) is 50.7 Å². The van der Waals surface area contributed by atoms with E-state index >= 15 is 0 Å². The molecule has 2 heterocycles. The van der Waals surface area contributed by atoms with Crippen molar-refractivity contribution in [3.8, 4) is 10.6 Å². The lowest BCUT2D eigenvalue weighted by Crippen LogP contribution is -2.19. The Morgan fingerprint density at radius 1 is 1.19 bits per heavy atom. The molecular formula is C16H16N4S. The largest absolute Gasteiger partial charge is 0.314 e. The Kier molecular flexibility index (Phi) is 3.37. The molecule has 0 unspecified atom stereocenters. The van der Waals surface area contributed by atoms with Gasteiger partial charge in [-0.05, 0) is 37.1 Å². The predicted octanol–water partition coefficient (Wildman–Crippen LogP) is 3.05. The summed E-state index contributed by atoms with van der Waals surface area (Å²) in [7, 11) is 0. The highest BCUT2D eigenvalue weighted by Crippen LogP contribution is 2.26. The van der Waals surface area contributed by atoms with Crippen molar-refractivity contribution in [2.24, 2.45) is 0 Å². The van der Waals surface area contributed by atoms with Gasteiger partial charge in [-0.1, -0.05) is 17.4 Å². The minimum atomic E-state index is 0.755. The second-order valence-electron chi connectivity index (χ2n) is 5.39. The molecule has 0 spiro atoms. The molecule has 21 heavy (non-hydrogen) atoms. The maximum atomic E-state index is 4.34. The third-order valence-electron chi connectivity index (χ3n) is 3.67. The lowest BCUT2D eigenvalue weighted by molar-refractivity contribution is 0.677. The number of nitrogens with zero attached hydrogens (tertiary/aromatic N) is 3. The molecule has 4 nitrogen and oxygen atoms in total. The van der Waals surface area contributed by atoms with Gasteiger partial charge in [0.1, 0.15) is 10.0 Å². The number of fused-ring (bicyclic) bond motifs is 1. The second-order valence-corrected chi connectivity index (χ2v) is 6.45. The van der Waals surface area contributed by atoms with E-state index < -0.39 is 0 Å². The summed E-state index contributed by atoms with van der Waals surface area (Å²) in [6.07, 6.45) is 5.43. The number of pyridine rings is 1. The van der Waals surface area contributed by atoms with E-state index in [0.29, 0.717) is 0 Å². The summed E-state index contributed by atoms with van der Waals surface area (Å²) in [5.74, 6) is 0. The number of nitrogens with one attached hydrogen (secondary N) is 1. The van der Waals surface area contributed by atoms with E-state index in [4.69, 9.17) is 0 Å². The molecule has 0 saturated heterocycles. The Morgan fingerprint density at radius 2 is 2.14 bits per heavy atom. The van der Waals surface area contributed by atoms with Crippen LogP contribution in [0.1, 0.15) is 17.8 Å². The summed E-state index contributed by atoms with van der Waals surface area (Å²) >= 11 is 1.68. The molecule has 0 radical (unpaired) electrons. The minimum Gasteiger partial charge on any atom is -0.314 e. The Bertz CT molecular complexity index is 764. The second kappa shape index (κ2) is 5.50. The molecule has 1 N–H and O–H groups in total. The predicted molar refractivity (Wildman–Crippen MR) is 85.4 cm³/mol. The van der Waals surface area contributed by atoms with Crippen LogP contribution in [0.5, 0.6) is 0 Å². The molecule has 1 aliphatic carbocycles. The Balaban J connectivity index is 1.52. The summed E-state index contributed by atoms with van der Waals surface area (Å²) in [5, 5.41) is 15.4. The van der Waals surface area contributed by atoms with Crippen LogP contribution in [0.4, 0.5) is 0 Å².